The van der Waals surface area contributed by atoms with Crippen LogP contribution < -0.4 is 5.32 Å². The van der Waals surface area contributed by atoms with Gasteiger partial charge in [0.15, 0.2) is 0 Å². The number of carbonyl (C=O) groups excluding carboxylic acids is 1. The van der Waals surface area contributed by atoms with Crippen LogP contribution in [0.3, 0.4) is 0 Å². The van der Waals surface area contributed by atoms with Gasteiger partial charge in [0.1, 0.15) is 11.5 Å². The standard InChI is InChI=1S/C20H17ClN2O4/c1-3-13-6-4-5-7-17(13)22-20(24)16-11-19(27-12(16)2)15-9-8-14(21)10-18(15)23(25)26/h4-11H,3H2,1-2H3,(H,22,24). The van der Waals surface area contributed by atoms with Crippen LogP contribution in [0.25, 0.3) is 11.3 Å². The van der Waals surface area contributed by atoms with Crippen LogP contribution in [0, 0.1) is 17.0 Å². The van der Waals surface area contributed by atoms with E-state index < -0.39 is 4.92 Å². The van der Waals surface area contributed by atoms with Gasteiger partial charge in [-0.1, -0.05) is 36.7 Å². The van der Waals surface area contributed by atoms with Crippen molar-refractivity contribution in [3.8, 4) is 11.3 Å². The van der Waals surface area contributed by atoms with Gasteiger partial charge in [0, 0.05) is 16.8 Å². The van der Waals surface area contributed by atoms with Crippen LogP contribution in [0.2, 0.25) is 5.02 Å². The zero-order chi connectivity index (χ0) is 19.6. The maximum Gasteiger partial charge on any atom is 0.281 e. The molecule has 2 aromatic carbocycles. The summed E-state index contributed by atoms with van der Waals surface area (Å²) in [7, 11) is 0. The summed E-state index contributed by atoms with van der Waals surface area (Å²) in [6, 6.07) is 13.3. The number of furan rings is 1. The predicted octanol–water partition coefficient (Wildman–Crippen LogP) is 5.63. The molecule has 0 saturated carbocycles. The largest absolute Gasteiger partial charge is 0.460 e. The van der Waals surface area contributed by atoms with Crippen LogP contribution in [0.5, 0.6) is 0 Å². The Bertz CT molecular complexity index is 1030. The molecule has 3 rings (SSSR count). The van der Waals surface area contributed by atoms with Gasteiger partial charge >= 0.3 is 0 Å². The number of rotatable bonds is 5. The number of benzene rings is 2. The average Bonchev–Trinajstić information content (AvgIpc) is 3.03. The van der Waals surface area contributed by atoms with Crippen LogP contribution in [-0.4, -0.2) is 10.8 Å². The van der Waals surface area contributed by atoms with Gasteiger partial charge in [-0.25, -0.2) is 0 Å². The Labute approximate surface area is 160 Å². The fourth-order valence-electron chi connectivity index (χ4n) is 2.84. The van der Waals surface area contributed by atoms with Gasteiger partial charge in [0.25, 0.3) is 11.6 Å². The normalized spacial score (nSPS) is 10.6. The quantitative estimate of drug-likeness (QED) is 0.456. The minimum Gasteiger partial charge on any atom is -0.460 e. The minimum absolute atomic E-state index is 0.181. The van der Waals surface area contributed by atoms with E-state index in [1.807, 2.05) is 31.2 Å². The van der Waals surface area contributed by atoms with E-state index in [4.69, 9.17) is 16.0 Å². The number of nitro groups is 1. The summed E-state index contributed by atoms with van der Waals surface area (Å²) < 4.78 is 5.64. The van der Waals surface area contributed by atoms with Crippen LogP contribution in [0.4, 0.5) is 11.4 Å². The molecule has 0 bridgehead atoms. The van der Waals surface area contributed by atoms with Crippen molar-refractivity contribution in [2.75, 3.05) is 5.32 Å². The van der Waals surface area contributed by atoms with Gasteiger partial charge in [0.05, 0.1) is 16.1 Å². The molecule has 0 saturated heterocycles. The van der Waals surface area contributed by atoms with Crippen molar-refractivity contribution in [3.63, 3.8) is 0 Å². The maximum absolute atomic E-state index is 12.7. The van der Waals surface area contributed by atoms with Crippen LogP contribution >= 0.6 is 11.6 Å². The van der Waals surface area contributed by atoms with E-state index in [2.05, 4.69) is 5.32 Å². The Morgan fingerprint density at radius 1 is 1.22 bits per heavy atom. The van der Waals surface area contributed by atoms with Gasteiger partial charge in [-0.3, -0.25) is 14.9 Å². The molecule has 0 aliphatic carbocycles. The van der Waals surface area contributed by atoms with Crippen LogP contribution in [0.1, 0.15) is 28.6 Å². The Balaban J connectivity index is 1.96. The third-order valence-electron chi connectivity index (χ3n) is 4.23. The monoisotopic (exact) mass is 384 g/mol. The Kier molecular flexibility index (Phi) is 5.28. The third kappa shape index (κ3) is 3.85. The van der Waals surface area contributed by atoms with E-state index in [0.29, 0.717) is 11.3 Å². The molecule has 0 unspecified atom stereocenters. The fraction of sp³-hybridized carbons (Fsp3) is 0.150. The molecule has 0 spiro atoms. The van der Waals surface area contributed by atoms with E-state index in [1.165, 1.54) is 18.2 Å². The molecular formula is C20H17ClN2O4. The SMILES string of the molecule is CCc1ccccc1NC(=O)c1cc(-c2ccc(Cl)cc2[N+](=O)[O-])oc1C. The number of carbonyl (C=O) groups is 1. The number of nitrogens with zero attached hydrogens (tertiary/aromatic N) is 1. The maximum atomic E-state index is 12.7. The topological polar surface area (TPSA) is 85.4 Å². The predicted molar refractivity (Wildman–Crippen MR) is 104 cm³/mol. The van der Waals surface area contributed by atoms with Gasteiger partial charge in [0.2, 0.25) is 0 Å². The van der Waals surface area contributed by atoms with Crippen molar-refractivity contribution in [1.29, 1.82) is 0 Å². The highest BCUT2D eigenvalue weighted by atomic mass is 35.5. The molecule has 1 heterocycles. The van der Waals surface area contributed by atoms with Crippen LogP contribution in [0.15, 0.2) is 52.9 Å². The highest BCUT2D eigenvalue weighted by molar-refractivity contribution is 6.30. The number of hydrogen-bond acceptors (Lipinski definition) is 4. The van der Waals surface area contributed by atoms with Crippen molar-refractivity contribution in [2.24, 2.45) is 0 Å². The first kappa shape index (κ1) is 18.7. The number of anilines is 1. The summed E-state index contributed by atoms with van der Waals surface area (Å²) in [4.78, 5) is 23.5. The summed E-state index contributed by atoms with van der Waals surface area (Å²) in [6.07, 6.45) is 0.781. The molecule has 3 aromatic rings. The second-order valence-electron chi connectivity index (χ2n) is 5.96. The van der Waals surface area contributed by atoms with E-state index in [-0.39, 0.29) is 27.9 Å². The van der Waals surface area contributed by atoms with Crippen molar-refractivity contribution in [3.05, 3.63) is 80.6 Å². The number of para-hydroxylation sites is 1. The summed E-state index contributed by atoms with van der Waals surface area (Å²) >= 11 is 5.85. The van der Waals surface area contributed by atoms with E-state index >= 15 is 0 Å². The molecule has 0 radical (unpaired) electrons. The summed E-state index contributed by atoms with van der Waals surface area (Å²) in [5, 5.41) is 14.4. The molecule has 6 nitrogen and oxygen atoms in total. The molecule has 1 amide bonds. The first-order valence-corrected chi connectivity index (χ1v) is 8.72. The number of halogens is 1. The van der Waals surface area contributed by atoms with E-state index in [9.17, 15) is 14.9 Å². The lowest BCUT2D eigenvalue weighted by molar-refractivity contribution is -0.384. The number of hydrogen-bond donors (Lipinski definition) is 1. The molecule has 0 atom stereocenters. The Morgan fingerprint density at radius 2 is 1.96 bits per heavy atom. The molecule has 1 aromatic heterocycles. The van der Waals surface area contributed by atoms with Gasteiger partial charge < -0.3 is 9.73 Å². The lowest BCUT2D eigenvalue weighted by Crippen LogP contribution is -2.13. The molecule has 7 heteroatoms. The third-order valence-corrected chi connectivity index (χ3v) is 4.47. The molecule has 1 N–H and O–H groups in total. The second kappa shape index (κ2) is 7.63. The van der Waals surface area contributed by atoms with Crippen molar-refractivity contribution >= 4 is 28.9 Å². The highest BCUT2D eigenvalue weighted by Gasteiger charge is 2.22. The molecule has 0 aliphatic heterocycles. The molecular weight excluding hydrogens is 368 g/mol. The van der Waals surface area contributed by atoms with Gasteiger partial charge in [-0.2, -0.15) is 0 Å². The lowest BCUT2D eigenvalue weighted by atomic mass is 10.1. The zero-order valence-corrected chi connectivity index (χ0v) is 15.5. The zero-order valence-electron chi connectivity index (χ0n) is 14.8. The second-order valence-corrected chi connectivity index (χ2v) is 6.40. The summed E-state index contributed by atoms with van der Waals surface area (Å²) in [5.74, 6) is 0.283. The van der Waals surface area contributed by atoms with Gasteiger partial charge in [-0.05, 0) is 43.2 Å². The van der Waals surface area contributed by atoms with E-state index in [1.54, 1.807) is 13.0 Å². The molecule has 0 aliphatic rings. The number of nitrogens with one attached hydrogen (secondary N) is 1. The number of amides is 1. The van der Waals surface area contributed by atoms with Gasteiger partial charge in [-0.15, -0.1) is 0 Å². The Morgan fingerprint density at radius 3 is 2.67 bits per heavy atom. The highest BCUT2D eigenvalue weighted by Crippen LogP contribution is 2.34. The van der Waals surface area contributed by atoms with Crippen LogP contribution in [-0.2, 0) is 6.42 Å². The van der Waals surface area contributed by atoms with Crippen molar-refractivity contribution in [2.45, 2.75) is 20.3 Å². The molecule has 0 fully saturated rings. The fourth-order valence-corrected chi connectivity index (χ4v) is 3.01. The smallest absolute Gasteiger partial charge is 0.281 e. The first-order valence-electron chi connectivity index (χ1n) is 8.34. The summed E-state index contributed by atoms with van der Waals surface area (Å²) in [5.41, 5.74) is 2.14. The number of nitro benzene ring substituents is 1. The summed E-state index contributed by atoms with van der Waals surface area (Å²) in [6.45, 7) is 3.65. The number of aryl methyl sites for hydroxylation is 2. The lowest BCUT2D eigenvalue weighted by Gasteiger charge is -2.08. The molecule has 27 heavy (non-hydrogen) atoms. The average molecular weight is 385 g/mol. The molecule has 138 valence electrons. The minimum atomic E-state index is -0.531. The first-order chi connectivity index (χ1) is 12.9. The van der Waals surface area contributed by atoms with Crippen molar-refractivity contribution in [1.82, 2.24) is 0 Å². The van der Waals surface area contributed by atoms with Crippen molar-refractivity contribution < 1.29 is 14.1 Å². The Hall–Kier alpha value is -3.12. The van der Waals surface area contributed by atoms with E-state index in [0.717, 1.165) is 17.7 Å².